The van der Waals surface area contributed by atoms with E-state index < -0.39 is 0 Å². The second-order valence-electron chi connectivity index (χ2n) is 4.77. The highest BCUT2D eigenvalue weighted by molar-refractivity contribution is 5.74. The summed E-state index contributed by atoms with van der Waals surface area (Å²) in [6, 6.07) is 3.93. The van der Waals surface area contributed by atoms with Gasteiger partial charge in [0.2, 0.25) is 5.91 Å². The standard InChI is InChI=1S/C15H21NO3/c1-10-8-11(2)12(3)14(9-10)19-15(18)6-5-7-16-13(4)17/h8-9H,5-7H2,1-4H3,(H,16,17). The van der Waals surface area contributed by atoms with Gasteiger partial charge >= 0.3 is 5.97 Å². The Morgan fingerprint density at radius 1 is 1.21 bits per heavy atom. The maximum Gasteiger partial charge on any atom is 0.311 e. The van der Waals surface area contributed by atoms with Crippen molar-refractivity contribution in [3.63, 3.8) is 0 Å². The molecule has 0 atom stereocenters. The van der Waals surface area contributed by atoms with Gasteiger partial charge in [0.25, 0.3) is 0 Å². The van der Waals surface area contributed by atoms with Gasteiger partial charge in [0.15, 0.2) is 0 Å². The van der Waals surface area contributed by atoms with Crippen molar-refractivity contribution < 1.29 is 14.3 Å². The molecule has 0 aromatic heterocycles. The van der Waals surface area contributed by atoms with Crippen molar-refractivity contribution in [2.75, 3.05) is 6.54 Å². The van der Waals surface area contributed by atoms with E-state index in [2.05, 4.69) is 11.4 Å². The van der Waals surface area contributed by atoms with Gasteiger partial charge in [0.1, 0.15) is 5.75 Å². The van der Waals surface area contributed by atoms with E-state index in [0.717, 1.165) is 16.7 Å². The lowest BCUT2D eigenvalue weighted by atomic mass is 10.1. The first-order valence-electron chi connectivity index (χ1n) is 6.43. The van der Waals surface area contributed by atoms with Gasteiger partial charge in [0.05, 0.1) is 0 Å². The topological polar surface area (TPSA) is 55.4 Å². The Bertz CT molecular complexity index is 481. The van der Waals surface area contributed by atoms with Crippen molar-refractivity contribution >= 4 is 11.9 Å². The van der Waals surface area contributed by atoms with Gasteiger partial charge in [0, 0.05) is 19.9 Å². The van der Waals surface area contributed by atoms with E-state index in [4.69, 9.17) is 4.74 Å². The molecule has 0 unspecified atom stereocenters. The van der Waals surface area contributed by atoms with Crippen LogP contribution in [0.1, 0.15) is 36.5 Å². The van der Waals surface area contributed by atoms with Crippen molar-refractivity contribution in [3.05, 3.63) is 28.8 Å². The molecule has 0 saturated heterocycles. The Balaban J connectivity index is 2.51. The molecule has 1 rings (SSSR count). The molecule has 104 valence electrons. The minimum absolute atomic E-state index is 0.0847. The van der Waals surface area contributed by atoms with Crippen molar-refractivity contribution in [1.29, 1.82) is 0 Å². The molecule has 0 aliphatic carbocycles. The Kier molecular flexibility index (Phi) is 5.55. The van der Waals surface area contributed by atoms with Crippen LogP contribution in [0.5, 0.6) is 5.75 Å². The summed E-state index contributed by atoms with van der Waals surface area (Å²) in [5.74, 6) is 0.277. The number of carbonyl (C=O) groups is 2. The monoisotopic (exact) mass is 263 g/mol. The number of amides is 1. The highest BCUT2D eigenvalue weighted by atomic mass is 16.5. The number of ether oxygens (including phenoxy) is 1. The normalized spacial score (nSPS) is 10.1. The molecule has 1 N–H and O–H groups in total. The fourth-order valence-electron chi connectivity index (χ4n) is 1.78. The molecule has 0 spiro atoms. The molecule has 4 heteroatoms. The Morgan fingerprint density at radius 3 is 2.53 bits per heavy atom. The van der Waals surface area contributed by atoms with Crippen LogP contribution in [0.25, 0.3) is 0 Å². The Morgan fingerprint density at radius 2 is 1.89 bits per heavy atom. The van der Waals surface area contributed by atoms with Gasteiger partial charge in [-0.3, -0.25) is 9.59 Å². The fourth-order valence-corrected chi connectivity index (χ4v) is 1.78. The molecule has 0 radical (unpaired) electrons. The van der Waals surface area contributed by atoms with Gasteiger partial charge < -0.3 is 10.1 Å². The summed E-state index contributed by atoms with van der Waals surface area (Å²) in [6.07, 6.45) is 0.884. The second kappa shape index (κ2) is 6.92. The highest BCUT2D eigenvalue weighted by Gasteiger charge is 2.09. The molecule has 1 aromatic rings. The first-order chi connectivity index (χ1) is 8.90. The van der Waals surface area contributed by atoms with Gasteiger partial charge in [-0.15, -0.1) is 0 Å². The number of aryl methyl sites for hydroxylation is 2. The molecule has 19 heavy (non-hydrogen) atoms. The van der Waals surface area contributed by atoms with Crippen LogP contribution in [0, 0.1) is 20.8 Å². The maximum absolute atomic E-state index is 11.7. The predicted molar refractivity (Wildman–Crippen MR) is 74.2 cm³/mol. The lowest BCUT2D eigenvalue weighted by Gasteiger charge is -2.11. The average Bonchev–Trinajstić information content (AvgIpc) is 2.31. The first-order valence-corrected chi connectivity index (χ1v) is 6.43. The number of hydrogen-bond acceptors (Lipinski definition) is 3. The maximum atomic E-state index is 11.7. The van der Waals surface area contributed by atoms with E-state index in [0.29, 0.717) is 25.1 Å². The van der Waals surface area contributed by atoms with Crippen LogP contribution in [-0.2, 0) is 9.59 Å². The number of rotatable bonds is 5. The molecular weight excluding hydrogens is 242 g/mol. The summed E-state index contributed by atoms with van der Waals surface area (Å²) in [5.41, 5.74) is 3.17. The molecule has 1 aromatic carbocycles. The quantitative estimate of drug-likeness (QED) is 0.504. The number of nitrogens with one attached hydrogen (secondary N) is 1. The van der Waals surface area contributed by atoms with Gasteiger partial charge in [-0.1, -0.05) is 6.07 Å². The summed E-state index contributed by atoms with van der Waals surface area (Å²) >= 11 is 0. The van der Waals surface area contributed by atoms with Crippen molar-refractivity contribution in [2.24, 2.45) is 0 Å². The number of benzene rings is 1. The lowest BCUT2D eigenvalue weighted by molar-refractivity contribution is -0.134. The van der Waals surface area contributed by atoms with E-state index in [9.17, 15) is 9.59 Å². The van der Waals surface area contributed by atoms with Crippen LogP contribution >= 0.6 is 0 Å². The van der Waals surface area contributed by atoms with Crippen molar-refractivity contribution in [1.82, 2.24) is 5.32 Å². The SMILES string of the molecule is CC(=O)NCCCC(=O)Oc1cc(C)cc(C)c1C. The summed E-state index contributed by atoms with van der Waals surface area (Å²) in [5, 5.41) is 2.65. The predicted octanol–water partition coefficient (Wildman–Crippen LogP) is 2.43. The number of carbonyl (C=O) groups excluding carboxylic acids is 2. The third-order valence-electron chi connectivity index (χ3n) is 2.92. The van der Waals surface area contributed by atoms with Crippen LogP contribution in [0.3, 0.4) is 0 Å². The highest BCUT2D eigenvalue weighted by Crippen LogP contribution is 2.23. The molecule has 0 aliphatic rings. The average molecular weight is 263 g/mol. The van der Waals surface area contributed by atoms with Crippen LogP contribution in [0.15, 0.2) is 12.1 Å². The third-order valence-corrected chi connectivity index (χ3v) is 2.92. The third kappa shape index (κ3) is 5.12. The van der Waals surface area contributed by atoms with Crippen molar-refractivity contribution in [3.8, 4) is 5.75 Å². The van der Waals surface area contributed by atoms with E-state index in [1.54, 1.807) is 0 Å². The summed E-state index contributed by atoms with van der Waals surface area (Å²) in [7, 11) is 0. The summed E-state index contributed by atoms with van der Waals surface area (Å²) in [4.78, 5) is 22.4. The lowest BCUT2D eigenvalue weighted by Crippen LogP contribution is -2.22. The summed E-state index contributed by atoms with van der Waals surface area (Å²) < 4.78 is 5.36. The van der Waals surface area contributed by atoms with E-state index in [-0.39, 0.29) is 11.9 Å². The second-order valence-corrected chi connectivity index (χ2v) is 4.77. The zero-order valence-electron chi connectivity index (χ0n) is 12.0. The molecular formula is C15H21NO3. The molecule has 0 fully saturated rings. The Labute approximate surface area is 114 Å². The zero-order chi connectivity index (χ0) is 14.4. The smallest absolute Gasteiger partial charge is 0.311 e. The minimum Gasteiger partial charge on any atom is -0.426 e. The number of esters is 1. The van der Waals surface area contributed by atoms with E-state index in [1.165, 1.54) is 6.92 Å². The van der Waals surface area contributed by atoms with E-state index >= 15 is 0 Å². The van der Waals surface area contributed by atoms with Crippen LogP contribution in [-0.4, -0.2) is 18.4 Å². The summed E-state index contributed by atoms with van der Waals surface area (Å²) in [6.45, 7) is 7.86. The minimum atomic E-state index is -0.265. The largest absolute Gasteiger partial charge is 0.426 e. The molecule has 4 nitrogen and oxygen atoms in total. The van der Waals surface area contributed by atoms with Crippen LogP contribution < -0.4 is 10.1 Å². The number of hydrogen-bond donors (Lipinski definition) is 1. The fraction of sp³-hybridized carbons (Fsp3) is 0.467. The molecule has 0 bridgehead atoms. The van der Waals surface area contributed by atoms with Crippen molar-refractivity contribution in [2.45, 2.75) is 40.5 Å². The first kappa shape index (κ1) is 15.2. The molecule has 0 saturated carbocycles. The van der Waals surface area contributed by atoms with Gasteiger partial charge in [-0.2, -0.15) is 0 Å². The zero-order valence-corrected chi connectivity index (χ0v) is 12.0. The van der Waals surface area contributed by atoms with Crippen LogP contribution in [0.2, 0.25) is 0 Å². The molecule has 0 aliphatic heterocycles. The molecule has 1 amide bonds. The Hall–Kier alpha value is -1.84. The van der Waals surface area contributed by atoms with E-state index in [1.807, 2.05) is 26.8 Å². The van der Waals surface area contributed by atoms with Gasteiger partial charge in [-0.05, 0) is 49.9 Å². The van der Waals surface area contributed by atoms with Gasteiger partial charge in [-0.25, -0.2) is 0 Å². The molecule has 0 heterocycles. The van der Waals surface area contributed by atoms with Crippen LogP contribution in [0.4, 0.5) is 0 Å².